The Morgan fingerprint density at radius 2 is 1.85 bits per heavy atom. The third kappa shape index (κ3) is 2.19. The van der Waals surface area contributed by atoms with Gasteiger partial charge in [-0.1, -0.05) is 19.9 Å². The van der Waals surface area contributed by atoms with Gasteiger partial charge in [-0.3, -0.25) is 0 Å². The zero-order valence-corrected chi connectivity index (χ0v) is 16.2. The monoisotopic (exact) mass is 380 g/mol. The highest BCUT2D eigenvalue weighted by Crippen LogP contribution is 2.67. The van der Waals surface area contributed by atoms with Gasteiger partial charge in [-0.2, -0.15) is 0 Å². The van der Waals surface area contributed by atoms with Gasteiger partial charge in [0.25, 0.3) is 0 Å². The van der Waals surface area contributed by atoms with Gasteiger partial charge >= 0.3 is 0 Å². The van der Waals surface area contributed by atoms with E-state index in [4.69, 9.17) is 11.6 Å². The molecule has 0 aromatic heterocycles. The molecule has 4 N–H and O–H groups in total. The second-order valence-electron chi connectivity index (χ2n) is 9.43. The molecule has 0 bridgehead atoms. The Labute approximate surface area is 160 Å². The summed E-state index contributed by atoms with van der Waals surface area (Å²) in [6, 6.07) is 0. The molecule has 9 atom stereocenters. The molecule has 4 rings (SSSR count). The summed E-state index contributed by atoms with van der Waals surface area (Å²) in [6.45, 7) is 4.27. The molecule has 0 aliphatic heterocycles. The predicted octanol–water partition coefficient (Wildman–Crippen LogP) is 2.18. The minimum atomic E-state index is -1.46. The van der Waals surface area contributed by atoms with Crippen molar-refractivity contribution in [2.75, 3.05) is 0 Å². The maximum Gasteiger partial charge on any atom is 0.157 e. The molecule has 0 saturated heterocycles. The van der Waals surface area contributed by atoms with Crippen LogP contribution in [0.15, 0.2) is 11.6 Å². The van der Waals surface area contributed by atoms with E-state index in [1.165, 1.54) is 0 Å². The summed E-state index contributed by atoms with van der Waals surface area (Å²) in [6.07, 6.45) is 4.33. The Kier molecular flexibility index (Phi) is 4.31. The van der Waals surface area contributed by atoms with Gasteiger partial charge in [0.1, 0.15) is 6.10 Å². The first-order chi connectivity index (χ1) is 12.2. The molecule has 3 fully saturated rings. The van der Waals surface area contributed by atoms with Crippen LogP contribution in [0.1, 0.15) is 52.4 Å². The molecule has 0 amide bonds. The Hall–Kier alpha value is -0.570. The van der Waals surface area contributed by atoms with Gasteiger partial charge in [0, 0.05) is 10.8 Å². The number of allylic oxidation sites excluding steroid dienone is 1. The third-order valence-electron chi connectivity index (χ3n) is 8.62. The predicted molar refractivity (Wildman–Crippen MR) is 99.1 cm³/mol. The highest BCUT2D eigenvalue weighted by molar-refractivity contribution is 6.30. The van der Waals surface area contributed by atoms with Gasteiger partial charge in [0.05, 0.1) is 12.2 Å². The molecule has 26 heavy (non-hydrogen) atoms. The van der Waals surface area contributed by atoms with Crippen molar-refractivity contribution in [3.8, 4) is 11.3 Å². The molecule has 0 heterocycles. The molecule has 4 aliphatic carbocycles. The summed E-state index contributed by atoms with van der Waals surface area (Å²) < 4.78 is 0. The minimum Gasteiger partial charge on any atom is -0.390 e. The number of aliphatic hydroxyl groups excluding tert-OH is 3. The van der Waals surface area contributed by atoms with Gasteiger partial charge < -0.3 is 20.4 Å². The molecule has 0 spiro atoms. The van der Waals surface area contributed by atoms with Crippen LogP contribution in [0.2, 0.25) is 0 Å². The van der Waals surface area contributed by atoms with E-state index < -0.39 is 29.3 Å². The first-order valence-electron chi connectivity index (χ1n) is 9.79. The normalized spacial score (nSPS) is 55.7. The van der Waals surface area contributed by atoms with Gasteiger partial charge in [-0.05, 0) is 84.8 Å². The summed E-state index contributed by atoms with van der Waals surface area (Å²) in [7, 11) is 0. The molecule has 5 heteroatoms. The van der Waals surface area contributed by atoms with E-state index >= 15 is 0 Å². The van der Waals surface area contributed by atoms with E-state index in [9.17, 15) is 20.4 Å². The van der Waals surface area contributed by atoms with Crippen LogP contribution in [0, 0.1) is 39.9 Å². The molecule has 0 aromatic rings. The second kappa shape index (κ2) is 5.96. The van der Waals surface area contributed by atoms with Crippen molar-refractivity contribution < 1.29 is 20.4 Å². The van der Waals surface area contributed by atoms with Crippen molar-refractivity contribution in [2.24, 2.45) is 28.6 Å². The average Bonchev–Trinajstić information content (AvgIpc) is 2.79. The van der Waals surface area contributed by atoms with Crippen LogP contribution >= 0.6 is 11.6 Å². The SMILES string of the molecule is C[C@]12CCC(O)C(O)C1=CC[C@@H]1[C@H]2CC[C@@]2(C)[C@H]1CC(O)C2(O)C#CCl. The molecule has 4 aliphatic rings. The molecule has 0 aromatic carbocycles. The van der Waals surface area contributed by atoms with Gasteiger partial charge in [-0.25, -0.2) is 0 Å². The van der Waals surface area contributed by atoms with Crippen molar-refractivity contribution in [1.82, 2.24) is 0 Å². The van der Waals surface area contributed by atoms with Crippen LogP contribution in [0.25, 0.3) is 0 Å². The molecule has 0 radical (unpaired) electrons. The molecular weight excluding hydrogens is 352 g/mol. The topological polar surface area (TPSA) is 80.9 Å². The number of hydrogen-bond acceptors (Lipinski definition) is 4. The van der Waals surface area contributed by atoms with E-state index in [-0.39, 0.29) is 11.3 Å². The summed E-state index contributed by atoms with van der Waals surface area (Å²) >= 11 is 5.62. The van der Waals surface area contributed by atoms with Crippen LogP contribution in [-0.2, 0) is 0 Å². The molecule has 144 valence electrons. The van der Waals surface area contributed by atoms with Gasteiger partial charge in [0.15, 0.2) is 5.60 Å². The van der Waals surface area contributed by atoms with Gasteiger partial charge in [-0.15, -0.1) is 0 Å². The lowest BCUT2D eigenvalue weighted by Gasteiger charge is -2.58. The maximum absolute atomic E-state index is 11.2. The van der Waals surface area contributed by atoms with Crippen molar-refractivity contribution >= 4 is 11.6 Å². The summed E-state index contributed by atoms with van der Waals surface area (Å²) in [5.41, 5.74) is -1.07. The lowest BCUT2D eigenvalue weighted by molar-refractivity contribution is -0.123. The van der Waals surface area contributed by atoms with E-state index in [0.29, 0.717) is 24.7 Å². The van der Waals surface area contributed by atoms with Crippen LogP contribution < -0.4 is 0 Å². The van der Waals surface area contributed by atoms with Crippen molar-refractivity contribution in [3.05, 3.63) is 11.6 Å². The second-order valence-corrected chi connectivity index (χ2v) is 9.62. The van der Waals surface area contributed by atoms with Crippen LogP contribution in [0.4, 0.5) is 0 Å². The van der Waals surface area contributed by atoms with Crippen molar-refractivity contribution in [1.29, 1.82) is 0 Å². The van der Waals surface area contributed by atoms with Crippen molar-refractivity contribution in [2.45, 2.75) is 76.3 Å². The smallest absolute Gasteiger partial charge is 0.157 e. The lowest BCUT2D eigenvalue weighted by atomic mass is 9.46. The summed E-state index contributed by atoms with van der Waals surface area (Å²) in [5, 5.41) is 44.8. The Bertz CT molecular complexity index is 696. The fourth-order valence-electron chi connectivity index (χ4n) is 7.04. The number of fused-ring (bicyclic) bond motifs is 5. The fourth-order valence-corrected chi connectivity index (χ4v) is 7.18. The Morgan fingerprint density at radius 3 is 2.54 bits per heavy atom. The number of rotatable bonds is 0. The summed E-state index contributed by atoms with van der Waals surface area (Å²) in [4.78, 5) is 0. The Balaban J connectivity index is 1.73. The standard InChI is InChI=1S/C21H29ClO4/c1-19-7-6-16(23)18(25)14(19)4-3-12-13(19)5-8-20(2)15(12)11-17(24)21(20,26)9-10-22/h4,12-13,15-18,23-26H,3,5-8,11H2,1-2H3/t12-,13-,15+,16?,17?,18?,19-,20+,21?/m1/s1. The number of hydrogen-bond donors (Lipinski definition) is 4. The molecular formula is C21H29ClO4. The van der Waals surface area contributed by atoms with E-state index in [2.05, 4.69) is 24.3 Å². The van der Waals surface area contributed by atoms with Crippen LogP contribution in [-0.4, -0.2) is 44.3 Å². The highest BCUT2D eigenvalue weighted by Gasteiger charge is 2.67. The first kappa shape index (κ1) is 18.8. The van der Waals surface area contributed by atoms with E-state index in [1.54, 1.807) is 0 Å². The van der Waals surface area contributed by atoms with E-state index in [1.807, 2.05) is 6.92 Å². The fraction of sp³-hybridized carbons (Fsp3) is 0.810. The average molecular weight is 381 g/mol. The van der Waals surface area contributed by atoms with Crippen molar-refractivity contribution in [3.63, 3.8) is 0 Å². The lowest BCUT2D eigenvalue weighted by Crippen LogP contribution is -2.57. The zero-order valence-electron chi connectivity index (χ0n) is 15.5. The first-order valence-corrected chi connectivity index (χ1v) is 10.2. The maximum atomic E-state index is 11.2. The molecule has 3 saturated carbocycles. The minimum absolute atomic E-state index is 0.118. The highest BCUT2D eigenvalue weighted by atomic mass is 35.5. The Morgan fingerprint density at radius 1 is 1.12 bits per heavy atom. The molecule has 4 nitrogen and oxygen atoms in total. The van der Waals surface area contributed by atoms with E-state index in [0.717, 1.165) is 31.3 Å². The quantitative estimate of drug-likeness (QED) is 0.383. The van der Waals surface area contributed by atoms with Crippen LogP contribution in [0.5, 0.6) is 0 Å². The zero-order chi connectivity index (χ0) is 18.9. The third-order valence-corrected chi connectivity index (χ3v) is 8.72. The number of aliphatic hydroxyl groups is 4. The van der Waals surface area contributed by atoms with Gasteiger partial charge in [0.2, 0.25) is 0 Å². The largest absolute Gasteiger partial charge is 0.390 e. The molecule has 4 unspecified atom stereocenters. The number of halogens is 1. The summed E-state index contributed by atoms with van der Waals surface area (Å²) in [5.74, 6) is 3.61. The van der Waals surface area contributed by atoms with Crippen LogP contribution in [0.3, 0.4) is 0 Å².